The van der Waals surface area contributed by atoms with Crippen LogP contribution in [0.2, 0.25) is 0 Å². The van der Waals surface area contributed by atoms with Gasteiger partial charge in [0.25, 0.3) is 5.91 Å². The van der Waals surface area contributed by atoms with E-state index < -0.39 is 6.04 Å². The Kier molecular flexibility index (Phi) is 5.35. The highest BCUT2D eigenvalue weighted by Gasteiger charge is 2.37. The van der Waals surface area contributed by atoms with E-state index in [2.05, 4.69) is 17.1 Å². The van der Waals surface area contributed by atoms with Crippen LogP contribution in [-0.4, -0.2) is 55.6 Å². The van der Waals surface area contributed by atoms with Gasteiger partial charge in [0.1, 0.15) is 6.04 Å². The molecule has 1 aromatic carbocycles. The normalized spacial score (nSPS) is 21.5. The third-order valence-electron chi connectivity index (χ3n) is 4.56. The zero-order valence-electron chi connectivity index (χ0n) is 14.2. The molecule has 1 aromatic rings. The van der Waals surface area contributed by atoms with Gasteiger partial charge in [0.15, 0.2) is 0 Å². The van der Waals surface area contributed by atoms with Crippen molar-refractivity contribution >= 4 is 23.2 Å². The topological polar surface area (TPSA) is 61.9 Å². The minimum atomic E-state index is -0.441. The number of nitrogens with one attached hydrogen (secondary N) is 1. The number of likely N-dealkylation sites (tertiary alicyclic amines) is 1. The van der Waals surface area contributed by atoms with Gasteiger partial charge in [0.2, 0.25) is 5.91 Å². The molecule has 24 heavy (non-hydrogen) atoms. The number of hydrogen-bond donors (Lipinski definition) is 1. The number of rotatable bonds is 6. The lowest BCUT2D eigenvalue weighted by Gasteiger charge is -2.29. The van der Waals surface area contributed by atoms with E-state index in [1.165, 1.54) is 4.90 Å². The zero-order valence-corrected chi connectivity index (χ0v) is 14.2. The van der Waals surface area contributed by atoms with Crippen molar-refractivity contribution in [2.24, 2.45) is 0 Å². The third kappa shape index (κ3) is 3.70. The maximum atomic E-state index is 12.4. The van der Waals surface area contributed by atoms with Gasteiger partial charge >= 0.3 is 0 Å². The SMILES string of the molecule is CCCCN1C(=O)C[C@H](Nc2ccc(N3CCOCC3)cc2)C1=O. The summed E-state index contributed by atoms with van der Waals surface area (Å²) < 4.78 is 5.37. The molecule has 0 spiro atoms. The van der Waals surface area contributed by atoms with E-state index in [4.69, 9.17) is 4.74 Å². The zero-order chi connectivity index (χ0) is 16.9. The van der Waals surface area contributed by atoms with Crippen molar-refractivity contribution in [2.75, 3.05) is 43.1 Å². The summed E-state index contributed by atoms with van der Waals surface area (Å²) in [5.41, 5.74) is 2.03. The lowest BCUT2D eigenvalue weighted by molar-refractivity contribution is -0.138. The van der Waals surface area contributed by atoms with E-state index in [0.717, 1.165) is 50.5 Å². The van der Waals surface area contributed by atoms with Crippen molar-refractivity contribution in [1.29, 1.82) is 0 Å². The van der Waals surface area contributed by atoms with E-state index in [9.17, 15) is 9.59 Å². The summed E-state index contributed by atoms with van der Waals surface area (Å²) in [6.45, 7) is 5.89. The van der Waals surface area contributed by atoms with Crippen molar-refractivity contribution in [3.05, 3.63) is 24.3 Å². The average Bonchev–Trinajstić information content (AvgIpc) is 2.88. The molecule has 0 aromatic heterocycles. The molecule has 130 valence electrons. The van der Waals surface area contributed by atoms with Gasteiger partial charge in [-0.2, -0.15) is 0 Å². The van der Waals surface area contributed by atoms with Crippen LogP contribution in [0.4, 0.5) is 11.4 Å². The van der Waals surface area contributed by atoms with E-state index in [1.54, 1.807) is 0 Å². The van der Waals surface area contributed by atoms with Gasteiger partial charge in [-0.05, 0) is 30.7 Å². The van der Waals surface area contributed by atoms with Crippen LogP contribution < -0.4 is 10.2 Å². The number of imide groups is 1. The number of benzene rings is 1. The molecule has 2 aliphatic rings. The first-order chi connectivity index (χ1) is 11.7. The number of hydrogen-bond acceptors (Lipinski definition) is 5. The van der Waals surface area contributed by atoms with Gasteiger partial charge < -0.3 is 15.0 Å². The summed E-state index contributed by atoms with van der Waals surface area (Å²) in [7, 11) is 0. The van der Waals surface area contributed by atoms with Crippen LogP contribution in [0.5, 0.6) is 0 Å². The molecule has 6 nitrogen and oxygen atoms in total. The van der Waals surface area contributed by atoms with E-state index >= 15 is 0 Å². The molecule has 1 N–H and O–H groups in total. The quantitative estimate of drug-likeness (QED) is 0.806. The minimum Gasteiger partial charge on any atom is -0.378 e. The molecule has 2 fully saturated rings. The number of carbonyl (C=O) groups is 2. The van der Waals surface area contributed by atoms with Gasteiger partial charge in [0, 0.05) is 31.0 Å². The lowest BCUT2D eigenvalue weighted by atomic mass is 10.2. The fourth-order valence-corrected chi connectivity index (χ4v) is 3.14. The smallest absolute Gasteiger partial charge is 0.252 e. The van der Waals surface area contributed by atoms with Gasteiger partial charge in [-0.15, -0.1) is 0 Å². The summed E-state index contributed by atoms with van der Waals surface area (Å²) >= 11 is 0. The Morgan fingerprint density at radius 1 is 1.17 bits per heavy atom. The summed E-state index contributed by atoms with van der Waals surface area (Å²) in [6.07, 6.45) is 2.07. The van der Waals surface area contributed by atoms with Crippen molar-refractivity contribution in [3.63, 3.8) is 0 Å². The van der Waals surface area contributed by atoms with Crippen molar-refractivity contribution < 1.29 is 14.3 Å². The Morgan fingerprint density at radius 2 is 1.88 bits per heavy atom. The van der Waals surface area contributed by atoms with Crippen LogP contribution in [0.3, 0.4) is 0 Å². The van der Waals surface area contributed by atoms with E-state index in [1.807, 2.05) is 24.3 Å². The number of unbranched alkanes of at least 4 members (excludes halogenated alkanes) is 1. The number of carbonyl (C=O) groups excluding carboxylic acids is 2. The molecular weight excluding hydrogens is 306 g/mol. The third-order valence-corrected chi connectivity index (χ3v) is 4.56. The Labute approximate surface area is 142 Å². The Morgan fingerprint density at radius 3 is 2.54 bits per heavy atom. The number of nitrogens with zero attached hydrogens (tertiary/aromatic N) is 2. The predicted octanol–water partition coefficient (Wildman–Crippen LogP) is 1.86. The second-order valence-corrected chi connectivity index (χ2v) is 6.28. The summed E-state index contributed by atoms with van der Waals surface area (Å²) in [6, 6.07) is 7.59. The predicted molar refractivity (Wildman–Crippen MR) is 93.1 cm³/mol. The van der Waals surface area contributed by atoms with Crippen LogP contribution in [-0.2, 0) is 14.3 Å². The van der Waals surface area contributed by atoms with Crippen LogP contribution in [0.25, 0.3) is 0 Å². The molecule has 2 saturated heterocycles. The number of anilines is 2. The summed E-state index contributed by atoms with van der Waals surface area (Å²) in [4.78, 5) is 28.0. The van der Waals surface area contributed by atoms with Gasteiger partial charge in [-0.25, -0.2) is 0 Å². The summed E-state index contributed by atoms with van der Waals surface area (Å²) in [5.74, 6) is -0.179. The molecule has 1 atom stereocenters. The molecule has 2 amide bonds. The van der Waals surface area contributed by atoms with Crippen LogP contribution in [0.15, 0.2) is 24.3 Å². The Bertz CT molecular complexity index is 582. The van der Waals surface area contributed by atoms with Crippen LogP contribution in [0, 0.1) is 0 Å². The Balaban J connectivity index is 1.59. The Hall–Kier alpha value is -2.08. The molecule has 0 aliphatic carbocycles. The first kappa shape index (κ1) is 16.8. The van der Waals surface area contributed by atoms with Gasteiger partial charge in [0.05, 0.1) is 19.6 Å². The highest BCUT2D eigenvalue weighted by molar-refractivity contribution is 6.06. The highest BCUT2D eigenvalue weighted by Crippen LogP contribution is 2.22. The first-order valence-corrected chi connectivity index (χ1v) is 8.72. The second-order valence-electron chi connectivity index (χ2n) is 6.28. The van der Waals surface area contributed by atoms with Gasteiger partial charge in [-0.1, -0.05) is 13.3 Å². The van der Waals surface area contributed by atoms with Crippen LogP contribution in [0.1, 0.15) is 26.2 Å². The fourth-order valence-electron chi connectivity index (χ4n) is 3.14. The second kappa shape index (κ2) is 7.66. The highest BCUT2D eigenvalue weighted by atomic mass is 16.5. The number of ether oxygens (including phenoxy) is 1. The standard InChI is InChI=1S/C18H25N3O3/c1-2-3-8-21-17(22)13-16(18(21)23)19-14-4-6-15(7-5-14)20-9-11-24-12-10-20/h4-7,16,19H,2-3,8-13H2,1H3/t16-/m0/s1. The van der Waals surface area contributed by atoms with Crippen molar-refractivity contribution in [3.8, 4) is 0 Å². The minimum absolute atomic E-state index is 0.0733. The number of morpholine rings is 1. The molecule has 2 aliphatic heterocycles. The average molecular weight is 331 g/mol. The molecule has 6 heteroatoms. The molecule has 0 bridgehead atoms. The maximum absolute atomic E-state index is 12.4. The molecule has 0 saturated carbocycles. The van der Waals surface area contributed by atoms with Crippen LogP contribution >= 0.6 is 0 Å². The molecule has 3 rings (SSSR count). The largest absolute Gasteiger partial charge is 0.378 e. The number of amides is 2. The van der Waals surface area contributed by atoms with E-state index in [0.29, 0.717) is 6.54 Å². The van der Waals surface area contributed by atoms with Crippen molar-refractivity contribution in [2.45, 2.75) is 32.2 Å². The molecule has 2 heterocycles. The monoisotopic (exact) mass is 331 g/mol. The first-order valence-electron chi connectivity index (χ1n) is 8.72. The fraction of sp³-hybridized carbons (Fsp3) is 0.556. The molecule has 0 radical (unpaired) electrons. The summed E-state index contributed by atoms with van der Waals surface area (Å²) in [5, 5.41) is 3.20. The molecule has 0 unspecified atom stereocenters. The van der Waals surface area contributed by atoms with Crippen molar-refractivity contribution in [1.82, 2.24) is 4.90 Å². The molecular formula is C18H25N3O3. The van der Waals surface area contributed by atoms with Gasteiger partial charge in [-0.3, -0.25) is 14.5 Å². The lowest BCUT2D eigenvalue weighted by Crippen LogP contribution is -2.36. The van der Waals surface area contributed by atoms with E-state index in [-0.39, 0.29) is 18.2 Å². The maximum Gasteiger partial charge on any atom is 0.252 e.